The summed E-state index contributed by atoms with van der Waals surface area (Å²) >= 11 is 0. The van der Waals surface area contributed by atoms with E-state index >= 15 is 0 Å². The van der Waals surface area contributed by atoms with Crippen molar-refractivity contribution in [3.8, 4) is 0 Å². The maximum Gasteiger partial charge on any atom is 0.223 e. The zero-order chi connectivity index (χ0) is 11.4. The third-order valence-electron chi connectivity index (χ3n) is 2.84. The second-order valence-electron chi connectivity index (χ2n) is 4.19. The minimum atomic E-state index is 0.198. The van der Waals surface area contributed by atoms with Crippen molar-refractivity contribution in [2.24, 2.45) is 5.73 Å². The SMILES string of the molecule is NCCN(C(=O)CCc1ccco1)C1CC1. The Morgan fingerprint density at radius 3 is 2.94 bits per heavy atom. The van der Waals surface area contributed by atoms with Gasteiger partial charge in [0.2, 0.25) is 5.91 Å². The lowest BCUT2D eigenvalue weighted by atomic mass is 10.2. The standard InChI is InChI=1S/C12H18N2O2/c13-7-8-14(10-3-4-10)12(15)6-5-11-2-1-9-16-11/h1-2,9-10H,3-8,13H2. The van der Waals surface area contributed by atoms with E-state index in [2.05, 4.69) is 0 Å². The Bertz CT molecular complexity index is 331. The van der Waals surface area contributed by atoms with E-state index in [0.29, 0.717) is 32.0 Å². The van der Waals surface area contributed by atoms with Crippen molar-refractivity contribution in [3.63, 3.8) is 0 Å². The predicted molar refractivity (Wildman–Crippen MR) is 60.8 cm³/mol. The summed E-state index contributed by atoms with van der Waals surface area (Å²) in [6.45, 7) is 1.23. The minimum absolute atomic E-state index is 0.198. The van der Waals surface area contributed by atoms with Gasteiger partial charge in [0.15, 0.2) is 0 Å². The van der Waals surface area contributed by atoms with Crippen molar-refractivity contribution in [2.45, 2.75) is 31.7 Å². The van der Waals surface area contributed by atoms with E-state index in [1.165, 1.54) is 0 Å². The van der Waals surface area contributed by atoms with Gasteiger partial charge in [-0.1, -0.05) is 0 Å². The average Bonchev–Trinajstić information content (AvgIpc) is 2.99. The van der Waals surface area contributed by atoms with Crippen molar-refractivity contribution in [1.82, 2.24) is 4.90 Å². The Balaban J connectivity index is 1.81. The number of carbonyl (C=O) groups is 1. The number of furan rings is 1. The number of aryl methyl sites for hydroxylation is 1. The molecule has 0 saturated heterocycles. The Hall–Kier alpha value is -1.29. The number of nitrogens with zero attached hydrogens (tertiary/aromatic N) is 1. The van der Waals surface area contributed by atoms with Crippen molar-refractivity contribution in [1.29, 1.82) is 0 Å². The summed E-state index contributed by atoms with van der Waals surface area (Å²) in [6.07, 6.45) is 5.10. The van der Waals surface area contributed by atoms with Crippen LogP contribution < -0.4 is 5.73 Å². The molecule has 1 heterocycles. The molecule has 1 amide bonds. The highest BCUT2D eigenvalue weighted by molar-refractivity contribution is 5.77. The van der Waals surface area contributed by atoms with E-state index < -0.39 is 0 Å². The molecule has 0 atom stereocenters. The van der Waals surface area contributed by atoms with E-state index in [9.17, 15) is 4.79 Å². The molecule has 88 valence electrons. The first-order valence-electron chi connectivity index (χ1n) is 5.83. The van der Waals surface area contributed by atoms with Crippen LogP contribution in [0.1, 0.15) is 25.0 Å². The Morgan fingerprint density at radius 1 is 1.56 bits per heavy atom. The zero-order valence-corrected chi connectivity index (χ0v) is 9.39. The van der Waals surface area contributed by atoms with Gasteiger partial charge in [-0.05, 0) is 25.0 Å². The van der Waals surface area contributed by atoms with Gasteiger partial charge in [0, 0.05) is 32.0 Å². The van der Waals surface area contributed by atoms with E-state index in [4.69, 9.17) is 10.2 Å². The second-order valence-corrected chi connectivity index (χ2v) is 4.19. The normalized spacial score (nSPS) is 15.1. The van der Waals surface area contributed by atoms with Crippen LogP contribution in [-0.2, 0) is 11.2 Å². The molecular formula is C12H18N2O2. The van der Waals surface area contributed by atoms with Crippen LogP contribution in [0.4, 0.5) is 0 Å². The van der Waals surface area contributed by atoms with E-state index in [1.807, 2.05) is 17.0 Å². The summed E-state index contributed by atoms with van der Waals surface area (Å²) in [6, 6.07) is 4.20. The molecule has 0 spiro atoms. The molecule has 0 unspecified atom stereocenters. The Labute approximate surface area is 95.4 Å². The van der Waals surface area contributed by atoms with Crippen LogP contribution in [0.25, 0.3) is 0 Å². The van der Waals surface area contributed by atoms with Gasteiger partial charge in [-0.3, -0.25) is 4.79 Å². The molecule has 4 heteroatoms. The second kappa shape index (κ2) is 5.16. The molecule has 0 bridgehead atoms. The maximum atomic E-state index is 11.9. The Kier molecular flexibility index (Phi) is 3.62. The summed E-state index contributed by atoms with van der Waals surface area (Å²) in [4.78, 5) is 13.9. The summed E-state index contributed by atoms with van der Waals surface area (Å²) < 4.78 is 5.20. The molecule has 2 N–H and O–H groups in total. The fourth-order valence-corrected chi connectivity index (χ4v) is 1.86. The van der Waals surface area contributed by atoms with E-state index in [-0.39, 0.29) is 5.91 Å². The van der Waals surface area contributed by atoms with Crippen molar-refractivity contribution < 1.29 is 9.21 Å². The van der Waals surface area contributed by atoms with Crippen LogP contribution in [0.2, 0.25) is 0 Å². The first-order valence-corrected chi connectivity index (χ1v) is 5.83. The fourth-order valence-electron chi connectivity index (χ4n) is 1.86. The first-order chi connectivity index (χ1) is 7.81. The third kappa shape index (κ3) is 2.85. The molecule has 0 aromatic carbocycles. The molecule has 0 aliphatic heterocycles. The predicted octanol–water partition coefficient (Wildman–Crippen LogP) is 1.16. The molecule has 1 fully saturated rings. The molecule has 1 saturated carbocycles. The lowest BCUT2D eigenvalue weighted by Gasteiger charge is -2.21. The van der Waals surface area contributed by atoms with Crippen LogP contribution in [0.3, 0.4) is 0 Å². The minimum Gasteiger partial charge on any atom is -0.469 e. The largest absolute Gasteiger partial charge is 0.469 e. The molecule has 1 aliphatic carbocycles. The van der Waals surface area contributed by atoms with Gasteiger partial charge in [0.25, 0.3) is 0 Å². The molecule has 1 aromatic rings. The number of rotatable bonds is 6. The number of carbonyl (C=O) groups excluding carboxylic acids is 1. The summed E-state index contributed by atoms with van der Waals surface area (Å²) in [7, 11) is 0. The zero-order valence-electron chi connectivity index (χ0n) is 9.39. The molecule has 16 heavy (non-hydrogen) atoms. The highest BCUT2D eigenvalue weighted by atomic mass is 16.3. The highest BCUT2D eigenvalue weighted by Crippen LogP contribution is 2.27. The van der Waals surface area contributed by atoms with Crippen molar-refractivity contribution in [3.05, 3.63) is 24.2 Å². The first kappa shape index (κ1) is 11.2. The smallest absolute Gasteiger partial charge is 0.223 e. The number of amides is 1. The van der Waals surface area contributed by atoms with Gasteiger partial charge in [0.05, 0.1) is 6.26 Å². The van der Waals surface area contributed by atoms with Crippen LogP contribution in [-0.4, -0.2) is 29.9 Å². The summed E-state index contributed by atoms with van der Waals surface area (Å²) in [5.74, 6) is 1.07. The monoisotopic (exact) mass is 222 g/mol. The topological polar surface area (TPSA) is 59.5 Å². The van der Waals surface area contributed by atoms with Gasteiger partial charge in [-0.25, -0.2) is 0 Å². The van der Waals surface area contributed by atoms with Crippen molar-refractivity contribution >= 4 is 5.91 Å². The molecule has 0 radical (unpaired) electrons. The quantitative estimate of drug-likeness (QED) is 0.785. The maximum absolute atomic E-state index is 11.9. The van der Waals surface area contributed by atoms with Crippen molar-refractivity contribution in [2.75, 3.05) is 13.1 Å². The van der Waals surface area contributed by atoms with Crippen LogP contribution in [0.5, 0.6) is 0 Å². The Morgan fingerprint density at radius 2 is 2.38 bits per heavy atom. The average molecular weight is 222 g/mol. The molecule has 2 rings (SSSR count). The number of hydrogen-bond acceptors (Lipinski definition) is 3. The molecule has 1 aliphatic rings. The lowest BCUT2D eigenvalue weighted by Crippen LogP contribution is -2.37. The molecular weight excluding hydrogens is 204 g/mol. The third-order valence-corrected chi connectivity index (χ3v) is 2.84. The summed E-state index contributed by atoms with van der Waals surface area (Å²) in [5.41, 5.74) is 5.51. The van der Waals surface area contributed by atoms with Gasteiger partial charge >= 0.3 is 0 Å². The lowest BCUT2D eigenvalue weighted by molar-refractivity contribution is -0.131. The fraction of sp³-hybridized carbons (Fsp3) is 0.583. The van der Waals surface area contributed by atoms with Crippen LogP contribution >= 0.6 is 0 Å². The van der Waals surface area contributed by atoms with Gasteiger partial charge in [0.1, 0.15) is 5.76 Å². The van der Waals surface area contributed by atoms with Gasteiger partial charge in [-0.15, -0.1) is 0 Å². The van der Waals surface area contributed by atoms with E-state index in [1.54, 1.807) is 6.26 Å². The molecule has 1 aromatic heterocycles. The molecule has 4 nitrogen and oxygen atoms in total. The number of hydrogen-bond donors (Lipinski definition) is 1. The number of nitrogens with two attached hydrogens (primary N) is 1. The van der Waals surface area contributed by atoms with Gasteiger partial charge in [-0.2, -0.15) is 0 Å². The van der Waals surface area contributed by atoms with Gasteiger partial charge < -0.3 is 15.1 Å². The van der Waals surface area contributed by atoms with Crippen LogP contribution in [0.15, 0.2) is 22.8 Å². The van der Waals surface area contributed by atoms with E-state index in [0.717, 1.165) is 18.6 Å². The van der Waals surface area contributed by atoms with Crippen LogP contribution in [0, 0.1) is 0 Å². The highest BCUT2D eigenvalue weighted by Gasteiger charge is 2.31. The summed E-state index contributed by atoms with van der Waals surface area (Å²) in [5, 5.41) is 0.